The lowest BCUT2D eigenvalue weighted by molar-refractivity contribution is -0.114. The highest BCUT2D eigenvalue weighted by Crippen LogP contribution is 2.14. The number of hydrogen-bond donors (Lipinski definition) is 1. The minimum absolute atomic E-state index is 0.141. The molecular weight excluding hydrogens is 230 g/mol. The lowest BCUT2D eigenvalue weighted by atomic mass is 10.4. The molecule has 0 aliphatic rings. The number of hydrogen-bond acceptors (Lipinski definition) is 4. The Morgan fingerprint density at radius 2 is 1.83 bits per heavy atom. The average Bonchev–Trinajstić information content (AvgIpc) is 2.54. The molecule has 2 aromatic rings. The standard InChI is InChI=1S/C12H15N5O/c1-7-8(2)17(9(3)15-7)12-13-5-11(6-14-12)16-10(4)18/h5-6H,1-4H3,(H,16,18). The third-order valence-corrected chi connectivity index (χ3v) is 2.67. The first-order valence-corrected chi connectivity index (χ1v) is 5.61. The van der Waals surface area contributed by atoms with Crippen molar-refractivity contribution in [1.82, 2.24) is 19.5 Å². The molecule has 2 heterocycles. The molecule has 0 aliphatic carbocycles. The highest BCUT2D eigenvalue weighted by molar-refractivity contribution is 5.88. The van der Waals surface area contributed by atoms with Crippen LogP contribution in [0, 0.1) is 20.8 Å². The quantitative estimate of drug-likeness (QED) is 0.871. The molecule has 0 unspecified atom stereocenters. The number of aromatic nitrogens is 4. The maximum atomic E-state index is 10.9. The number of carbonyl (C=O) groups is 1. The second-order valence-electron chi connectivity index (χ2n) is 4.12. The van der Waals surface area contributed by atoms with E-state index in [4.69, 9.17) is 0 Å². The molecular formula is C12H15N5O. The maximum Gasteiger partial charge on any atom is 0.235 e. The monoisotopic (exact) mass is 245 g/mol. The Hall–Kier alpha value is -2.24. The molecule has 0 spiro atoms. The van der Waals surface area contributed by atoms with Crippen LogP contribution in [0.25, 0.3) is 5.95 Å². The van der Waals surface area contributed by atoms with Crippen molar-refractivity contribution in [2.45, 2.75) is 27.7 Å². The first-order valence-electron chi connectivity index (χ1n) is 5.61. The molecule has 0 fully saturated rings. The highest BCUT2D eigenvalue weighted by atomic mass is 16.1. The largest absolute Gasteiger partial charge is 0.324 e. The second kappa shape index (κ2) is 4.56. The number of amides is 1. The number of nitrogens with zero attached hydrogens (tertiary/aromatic N) is 4. The third-order valence-electron chi connectivity index (χ3n) is 2.67. The van der Waals surface area contributed by atoms with E-state index in [0.717, 1.165) is 17.2 Å². The van der Waals surface area contributed by atoms with Crippen molar-refractivity contribution in [3.05, 3.63) is 29.6 Å². The van der Waals surface area contributed by atoms with E-state index in [1.807, 2.05) is 25.3 Å². The molecule has 2 aromatic heterocycles. The first-order chi connectivity index (χ1) is 8.49. The van der Waals surface area contributed by atoms with Crippen molar-refractivity contribution in [3.63, 3.8) is 0 Å². The molecule has 2 rings (SSSR count). The maximum absolute atomic E-state index is 10.9. The lowest BCUT2D eigenvalue weighted by Crippen LogP contribution is -2.09. The molecule has 0 aliphatic heterocycles. The topological polar surface area (TPSA) is 72.7 Å². The Bertz CT molecular complexity index is 585. The molecule has 0 aromatic carbocycles. The number of nitrogens with one attached hydrogen (secondary N) is 1. The molecule has 0 radical (unpaired) electrons. The van der Waals surface area contributed by atoms with Gasteiger partial charge in [0.05, 0.1) is 23.8 Å². The number of carbonyl (C=O) groups excluding carboxylic acids is 1. The fourth-order valence-corrected chi connectivity index (χ4v) is 1.78. The summed E-state index contributed by atoms with van der Waals surface area (Å²) in [5.41, 5.74) is 2.56. The van der Waals surface area contributed by atoms with Gasteiger partial charge in [0, 0.05) is 12.6 Å². The van der Waals surface area contributed by atoms with Gasteiger partial charge in [-0.25, -0.2) is 15.0 Å². The van der Waals surface area contributed by atoms with E-state index in [1.54, 1.807) is 12.4 Å². The molecule has 18 heavy (non-hydrogen) atoms. The Balaban J connectivity index is 2.37. The second-order valence-corrected chi connectivity index (χ2v) is 4.12. The molecule has 6 nitrogen and oxygen atoms in total. The van der Waals surface area contributed by atoms with Gasteiger partial charge >= 0.3 is 0 Å². The van der Waals surface area contributed by atoms with Gasteiger partial charge in [-0.2, -0.15) is 0 Å². The summed E-state index contributed by atoms with van der Waals surface area (Å²) in [5.74, 6) is 1.26. The van der Waals surface area contributed by atoms with E-state index < -0.39 is 0 Å². The van der Waals surface area contributed by atoms with Crippen LogP contribution in [0.5, 0.6) is 0 Å². The van der Waals surface area contributed by atoms with Gasteiger partial charge in [-0.1, -0.05) is 0 Å². The number of aryl methyl sites for hydroxylation is 2. The zero-order valence-electron chi connectivity index (χ0n) is 10.9. The number of rotatable bonds is 2. The van der Waals surface area contributed by atoms with E-state index in [-0.39, 0.29) is 5.91 Å². The Labute approximate surface area is 105 Å². The van der Waals surface area contributed by atoms with E-state index in [0.29, 0.717) is 11.6 Å². The highest BCUT2D eigenvalue weighted by Gasteiger charge is 2.11. The van der Waals surface area contributed by atoms with Crippen molar-refractivity contribution in [3.8, 4) is 5.95 Å². The summed E-state index contributed by atoms with van der Waals surface area (Å²) in [5, 5.41) is 2.63. The van der Waals surface area contributed by atoms with E-state index in [2.05, 4.69) is 20.3 Å². The van der Waals surface area contributed by atoms with Crippen molar-refractivity contribution in [2.75, 3.05) is 5.32 Å². The zero-order chi connectivity index (χ0) is 13.3. The fourth-order valence-electron chi connectivity index (χ4n) is 1.78. The van der Waals surface area contributed by atoms with Crippen LogP contribution < -0.4 is 5.32 Å². The summed E-state index contributed by atoms with van der Waals surface area (Å²) in [6.45, 7) is 7.28. The number of imidazole rings is 1. The molecule has 1 amide bonds. The van der Waals surface area contributed by atoms with E-state index in [9.17, 15) is 4.79 Å². The van der Waals surface area contributed by atoms with Gasteiger partial charge in [0.2, 0.25) is 11.9 Å². The Kier molecular flexibility index (Phi) is 3.10. The molecule has 0 saturated carbocycles. The summed E-state index contributed by atoms with van der Waals surface area (Å²) in [7, 11) is 0. The lowest BCUT2D eigenvalue weighted by Gasteiger charge is -2.06. The van der Waals surface area contributed by atoms with Crippen LogP contribution >= 0.6 is 0 Å². The van der Waals surface area contributed by atoms with Crippen LogP contribution in [0.1, 0.15) is 24.1 Å². The van der Waals surface area contributed by atoms with Gasteiger partial charge in [-0.15, -0.1) is 0 Å². The van der Waals surface area contributed by atoms with Crippen molar-refractivity contribution >= 4 is 11.6 Å². The molecule has 0 atom stereocenters. The van der Waals surface area contributed by atoms with E-state index in [1.165, 1.54) is 6.92 Å². The predicted octanol–water partition coefficient (Wildman–Crippen LogP) is 1.55. The van der Waals surface area contributed by atoms with Crippen LogP contribution in [0.3, 0.4) is 0 Å². The summed E-state index contributed by atoms with van der Waals surface area (Å²) in [4.78, 5) is 23.7. The molecule has 6 heteroatoms. The SMILES string of the molecule is CC(=O)Nc1cnc(-n2c(C)nc(C)c2C)nc1. The summed E-state index contributed by atoms with van der Waals surface area (Å²) < 4.78 is 1.88. The van der Waals surface area contributed by atoms with Crippen molar-refractivity contribution < 1.29 is 4.79 Å². The normalized spacial score (nSPS) is 10.4. The van der Waals surface area contributed by atoms with Gasteiger partial charge in [0.1, 0.15) is 5.82 Å². The Morgan fingerprint density at radius 1 is 1.22 bits per heavy atom. The van der Waals surface area contributed by atoms with Crippen molar-refractivity contribution in [2.24, 2.45) is 0 Å². The van der Waals surface area contributed by atoms with Gasteiger partial charge < -0.3 is 5.32 Å². The van der Waals surface area contributed by atoms with Gasteiger partial charge in [-0.05, 0) is 20.8 Å². The minimum Gasteiger partial charge on any atom is -0.324 e. The third kappa shape index (κ3) is 2.22. The Morgan fingerprint density at radius 3 is 2.28 bits per heavy atom. The van der Waals surface area contributed by atoms with Crippen LogP contribution in [0.4, 0.5) is 5.69 Å². The van der Waals surface area contributed by atoms with Crippen LogP contribution in [-0.4, -0.2) is 25.4 Å². The van der Waals surface area contributed by atoms with Crippen LogP contribution in [0.15, 0.2) is 12.4 Å². The average molecular weight is 245 g/mol. The number of anilines is 1. The zero-order valence-corrected chi connectivity index (χ0v) is 10.9. The fraction of sp³-hybridized carbons (Fsp3) is 0.333. The molecule has 0 saturated heterocycles. The summed E-state index contributed by atoms with van der Waals surface area (Å²) in [6.07, 6.45) is 3.16. The predicted molar refractivity (Wildman–Crippen MR) is 67.7 cm³/mol. The van der Waals surface area contributed by atoms with Crippen molar-refractivity contribution in [1.29, 1.82) is 0 Å². The van der Waals surface area contributed by atoms with Crippen LogP contribution in [-0.2, 0) is 4.79 Å². The minimum atomic E-state index is -0.141. The molecule has 0 bridgehead atoms. The van der Waals surface area contributed by atoms with Gasteiger partial charge in [-0.3, -0.25) is 9.36 Å². The van der Waals surface area contributed by atoms with Gasteiger partial charge in [0.15, 0.2) is 0 Å². The van der Waals surface area contributed by atoms with Gasteiger partial charge in [0.25, 0.3) is 0 Å². The molecule has 1 N–H and O–H groups in total. The van der Waals surface area contributed by atoms with E-state index >= 15 is 0 Å². The van der Waals surface area contributed by atoms with Crippen LogP contribution in [0.2, 0.25) is 0 Å². The molecule has 94 valence electrons. The smallest absolute Gasteiger partial charge is 0.235 e. The first kappa shape index (κ1) is 12.2. The summed E-state index contributed by atoms with van der Waals surface area (Å²) >= 11 is 0. The summed E-state index contributed by atoms with van der Waals surface area (Å²) in [6, 6.07) is 0.